The summed E-state index contributed by atoms with van der Waals surface area (Å²) in [6, 6.07) is 10.2. The summed E-state index contributed by atoms with van der Waals surface area (Å²) in [5.41, 5.74) is 1.19. The third-order valence-corrected chi connectivity index (χ3v) is 5.78. The molecule has 0 aromatic heterocycles. The van der Waals surface area contributed by atoms with Crippen LogP contribution in [-0.2, 0) is 11.2 Å². The summed E-state index contributed by atoms with van der Waals surface area (Å²) in [6.45, 7) is 4.31. The van der Waals surface area contributed by atoms with E-state index in [0.29, 0.717) is 18.9 Å². The molecule has 1 atom stereocenters. The van der Waals surface area contributed by atoms with Gasteiger partial charge in [-0.25, -0.2) is 0 Å². The maximum absolute atomic E-state index is 12.6. The predicted octanol–water partition coefficient (Wildman–Crippen LogP) is 2.70. The van der Waals surface area contributed by atoms with Crippen LogP contribution in [0.1, 0.15) is 44.1 Å². The Kier molecular flexibility index (Phi) is 6.88. The quantitative estimate of drug-likeness (QED) is 0.893. The van der Waals surface area contributed by atoms with Gasteiger partial charge in [0.2, 0.25) is 5.91 Å². The molecule has 25 heavy (non-hydrogen) atoms. The van der Waals surface area contributed by atoms with E-state index in [1.165, 1.54) is 31.2 Å². The summed E-state index contributed by atoms with van der Waals surface area (Å²) in [6.07, 6.45) is 7.30. The molecular weight excluding hydrogens is 312 g/mol. The Morgan fingerprint density at radius 2 is 1.64 bits per heavy atom. The number of piperidine rings is 1. The number of rotatable bonds is 5. The van der Waals surface area contributed by atoms with Crippen LogP contribution < -0.4 is 0 Å². The molecule has 1 aromatic rings. The molecule has 0 radical (unpaired) electrons. The van der Waals surface area contributed by atoms with E-state index >= 15 is 0 Å². The fourth-order valence-electron chi connectivity index (χ4n) is 4.14. The van der Waals surface area contributed by atoms with Crippen molar-refractivity contribution >= 4 is 5.91 Å². The predicted molar refractivity (Wildman–Crippen MR) is 100 cm³/mol. The Morgan fingerprint density at radius 1 is 1.00 bits per heavy atom. The molecule has 2 aliphatic rings. The minimum Gasteiger partial charge on any atom is -0.392 e. The molecule has 0 spiro atoms. The van der Waals surface area contributed by atoms with Gasteiger partial charge in [-0.1, -0.05) is 43.2 Å². The summed E-state index contributed by atoms with van der Waals surface area (Å²) in [7, 11) is 0. The molecule has 0 saturated carbocycles. The van der Waals surface area contributed by atoms with Crippen molar-refractivity contribution in [3.05, 3.63) is 35.9 Å². The molecule has 3 rings (SSSR count). The minimum absolute atomic E-state index is 0.276. The van der Waals surface area contributed by atoms with Gasteiger partial charge in [-0.05, 0) is 56.7 Å². The van der Waals surface area contributed by atoms with Gasteiger partial charge in [0, 0.05) is 13.1 Å². The van der Waals surface area contributed by atoms with Gasteiger partial charge in [-0.15, -0.1) is 0 Å². The Hall–Kier alpha value is -1.39. The van der Waals surface area contributed by atoms with Crippen molar-refractivity contribution in [1.29, 1.82) is 0 Å². The molecule has 1 aromatic carbocycles. The van der Waals surface area contributed by atoms with Gasteiger partial charge in [0.15, 0.2) is 0 Å². The highest BCUT2D eigenvalue weighted by Gasteiger charge is 2.28. The Balaban J connectivity index is 1.42. The molecular formula is C21H32N2O2. The topological polar surface area (TPSA) is 43.8 Å². The van der Waals surface area contributed by atoms with E-state index < -0.39 is 0 Å². The molecule has 1 N–H and O–H groups in total. The number of carbonyl (C=O) groups excluding carboxylic acids is 1. The lowest BCUT2D eigenvalue weighted by Gasteiger charge is -2.35. The van der Waals surface area contributed by atoms with E-state index in [4.69, 9.17) is 0 Å². The summed E-state index contributed by atoms with van der Waals surface area (Å²) >= 11 is 0. The maximum atomic E-state index is 12.6. The fourth-order valence-corrected chi connectivity index (χ4v) is 4.14. The van der Waals surface area contributed by atoms with E-state index in [9.17, 15) is 9.90 Å². The van der Waals surface area contributed by atoms with Crippen molar-refractivity contribution in [3.63, 3.8) is 0 Å². The second-order valence-electron chi connectivity index (χ2n) is 7.67. The van der Waals surface area contributed by atoms with E-state index in [-0.39, 0.29) is 12.0 Å². The van der Waals surface area contributed by atoms with Crippen LogP contribution in [0.25, 0.3) is 0 Å². The number of aliphatic hydroxyl groups excluding tert-OH is 1. The van der Waals surface area contributed by atoms with Crippen molar-refractivity contribution in [1.82, 2.24) is 9.80 Å². The van der Waals surface area contributed by atoms with Crippen LogP contribution in [0.4, 0.5) is 0 Å². The van der Waals surface area contributed by atoms with Crippen molar-refractivity contribution < 1.29 is 9.90 Å². The molecule has 2 heterocycles. The highest BCUT2D eigenvalue weighted by Crippen LogP contribution is 2.23. The summed E-state index contributed by atoms with van der Waals surface area (Å²) in [5.74, 6) is 0.584. The zero-order valence-electron chi connectivity index (χ0n) is 15.3. The SMILES string of the molecule is O=C(CN1CCCCCC1)N1CCC([C@@H](O)Cc2ccccc2)CC1. The average Bonchev–Trinajstić information content (AvgIpc) is 2.91. The van der Waals surface area contributed by atoms with E-state index in [0.717, 1.165) is 39.0 Å². The van der Waals surface area contributed by atoms with Gasteiger partial charge in [-0.2, -0.15) is 0 Å². The highest BCUT2D eigenvalue weighted by molar-refractivity contribution is 5.78. The molecule has 138 valence electrons. The summed E-state index contributed by atoms with van der Waals surface area (Å²) in [5, 5.41) is 10.5. The molecule has 0 aliphatic carbocycles. The number of hydrogen-bond donors (Lipinski definition) is 1. The molecule has 2 fully saturated rings. The lowest BCUT2D eigenvalue weighted by atomic mass is 9.88. The van der Waals surface area contributed by atoms with E-state index in [1.807, 2.05) is 23.1 Å². The standard InChI is InChI=1S/C21H32N2O2/c24-20(16-18-8-4-3-5-9-18)19-10-14-23(15-11-19)21(25)17-22-12-6-1-2-7-13-22/h3-5,8-9,19-20,24H,1-2,6-7,10-17H2/t20-/m0/s1. The third-order valence-electron chi connectivity index (χ3n) is 5.78. The van der Waals surface area contributed by atoms with Crippen LogP contribution in [0.5, 0.6) is 0 Å². The van der Waals surface area contributed by atoms with Crippen LogP contribution in [0.3, 0.4) is 0 Å². The van der Waals surface area contributed by atoms with Crippen LogP contribution in [0.15, 0.2) is 30.3 Å². The van der Waals surface area contributed by atoms with E-state index in [1.54, 1.807) is 0 Å². The monoisotopic (exact) mass is 344 g/mol. The minimum atomic E-state index is -0.301. The maximum Gasteiger partial charge on any atom is 0.236 e. The van der Waals surface area contributed by atoms with Gasteiger partial charge in [-0.3, -0.25) is 9.69 Å². The van der Waals surface area contributed by atoms with Crippen LogP contribution in [-0.4, -0.2) is 59.6 Å². The van der Waals surface area contributed by atoms with Crippen LogP contribution >= 0.6 is 0 Å². The molecule has 4 nitrogen and oxygen atoms in total. The Morgan fingerprint density at radius 3 is 2.28 bits per heavy atom. The van der Waals surface area contributed by atoms with Gasteiger partial charge in [0.25, 0.3) is 0 Å². The normalized spacial score (nSPS) is 21.7. The van der Waals surface area contributed by atoms with Crippen LogP contribution in [0.2, 0.25) is 0 Å². The van der Waals surface area contributed by atoms with Crippen molar-refractivity contribution in [3.8, 4) is 0 Å². The first-order chi connectivity index (χ1) is 12.2. The molecule has 4 heteroatoms. The first-order valence-electron chi connectivity index (χ1n) is 9.94. The summed E-state index contributed by atoms with van der Waals surface area (Å²) in [4.78, 5) is 16.9. The zero-order valence-corrected chi connectivity index (χ0v) is 15.3. The van der Waals surface area contributed by atoms with Gasteiger partial charge < -0.3 is 10.0 Å². The number of amides is 1. The van der Waals surface area contributed by atoms with Crippen LogP contribution in [0, 0.1) is 5.92 Å². The lowest BCUT2D eigenvalue weighted by molar-refractivity contribution is -0.134. The smallest absolute Gasteiger partial charge is 0.236 e. The molecule has 0 bridgehead atoms. The largest absolute Gasteiger partial charge is 0.392 e. The van der Waals surface area contributed by atoms with Gasteiger partial charge >= 0.3 is 0 Å². The van der Waals surface area contributed by atoms with Crippen molar-refractivity contribution in [2.24, 2.45) is 5.92 Å². The van der Waals surface area contributed by atoms with Crippen molar-refractivity contribution in [2.75, 3.05) is 32.7 Å². The van der Waals surface area contributed by atoms with Crippen molar-refractivity contribution in [2.45, 2.75) is 51.0 Å². The van der Waals surface area contributed by atoms with Gasteiger partial charge in [0.05, 0.1) is 12.6 Å². The number of hydrogen-bond acceptors (Lipinski definition) is 3. The number of likely N-dealkylation sites (tertiary alicyclic amines) is 2. The number of nitrogens with zero attached hydrogens (tertiary/aromatic N) is 2. The first kappa shape index (κ1) is 18.4. The number of benzene rings is 1. The second kappa shape index (κ2) is 9.35. The van der Waals surface area contributed by atoms with E-state index in [2.05, 4.69) is 17.0 Å². The molecule has 0 unspecified atom stereocenters. The molecule has 2 aliphatic heterocycles. The number of aliphatic hydroxyl groups is 1. The fraction of sp³-hybridized carbons (Fsp3) is 0.667. The highest BCUT2D eigenvalue weighted by atomic mass is 16.3. The van der Waals surface area contributed by atoms with Gasteiger partial charge in [0.1, 0.15) is 0 Å². The Labute approximate surface area is 151 Å². The number of carbonyl (C=O) groups is 1. The molecule has 2 saturated heterocycles. The zero-order chi connectivity index (χ0) is 17.5. The Bertz CT molecular complexity index is 518. The average molecular weight is 344 g/mol. The third kappa shape index (κ3) is 5.55. The second-order valence-corrected chi connectivity index (χ2v) is 7.67. The summed E-state index contributed by atoms with van der Waals surface area (Å²) < 4.78 is 0. The lowest BCUT2D eigenvalue weighted by Crippen LogP contribution is -2.46. The molecule has 1 amide bonds. The first-order valence-corrected chi connectivity index (χ1v) is 9.94.